The number of hydrogen-bond donors (Lipinski definition) is 1. The molecule has 0 spiro atoms. The molecule has 0 bridgehead atoms. The second-order valence-corrected chi connectivity index (χ2v) is 6.45. The molecule has 0 aliphatic heterocycles. The van der Waals surface area contributed by atoms with E-state index in [9.17, 15) is 0 Å². The fraction of sp³-hybridized carbons (Fsp3) is 0.231. The maximum absolute atomic E-state index is 5.66. The van der Waals surface area contributed by atoms with E-state index in [0.29, 0.717) is 6.61 Å². The number of nitrogens with one attached hydrogen (secondary N) is 1. The third-order valence-electron chi connectivity index (χ3n) is 2.29. The maximum atomic E-state index is 5.66. The molecule has 0 aliphatic rings. The third kappa shape index (κ3) is 4.39. The lowest BCUT2D eigenvalue weighted by Gasteiger charge is -2.08. The molecule has 5 heteroatoms. The molecule has 0 saturated heterocycles. The summed E-state index contributed by atoms with van der Waals surface area (Å²) >= 11 is 8.65. The second kappa shape index (κ2) is 7.28. The molecular weight excluding hydrogens is 378 g/mol. The van der Waals surface area contributed by atoms with Crippen molar-refractivity contribution in [1.29, 1.82) is 0 Å². The zero-order valence-corrected chi connectivity index (χ0v) is 13.6. The van der Waals surface area contributed by atoms with Gasteiger partial charge >= 0.3 is 0 Å². The molecule has 96 valence electrons. The topological polar surface area (TPSA) is 21.3 Å². The Morgan fingerprint density at radius 2 is 2.06 bits per heavy atom. The maximum Gasteiger partial charge on any atom is 0.133 e. The molecule has 0 amide bonds. The summed E-state index contributed by atoms with van der Waals surface area (Å²) in [4.78, 5) is 1.32. The minimum absolute atomic E-state index is 0.662. The van der Waals surface area contributed by atoms with Gasteiger partial charge in [-0.25, -0.2) is 0 Å². The molecule has 0 aliphatic carbocycles. The first-order valence-electron chi connectivity index (χ1n) is 5.56. The molecular formula is C13H13Br2NOS. The number of benzene rings is 1. The predicted molar refractivity (Wildman–Crippen MR) is 83.4 cm³/mol. The van der Waals surface area contributed by atoms with Gasteiger partial charge in [-0.15, -0.1) is 11.3 Å². The van der Waals surface area contributed by atoms with Gasteiger partial charge in [0.05, 0.1) is 4.47 Å². The summed E-state index contributed by atoms with van der Waals surface area (Å²) in [5.74, 6) is 0.887. The van der Waals surface area contributed by atoms with E-state index in [0.717, 1.165) is 27.8 Å². The van der Waals surface area contributed by atoms with E-state index >= 15 is 0 Å². The molecule has 0 saturated carbocycles. The largest absolute Gasteiger partial charge is 0.491 e. The van der Waals surface area contributed by atoms with Crippen LogP contribution in [0.5, 0.6) is 5.75 Å². The number of rotatable bonds is 6. The van der Waals surface area contributed by atoms with Gasteiger partial charge in [-0.2, -0.15) is 0 Å². The molecule has 0 radical (unpaired) electrons. The first-order valence-corrected chi connectivity index (χ1v) is 8.03. The molecule has 0 fully saturated rings. The number of para-hydroxylation sites is 1. The highest BCUT2D eigenvalue weighted by Gasteiger charge is 1.99. The second-order valence-electron chi connectivity index (χ2n) is 3.69. The van der Waals surface area contributed by atoms with Crippen LogP contribution in [0.3, 0.4) is 0 Å². The zero-order valence-electron chi connectivity index (χ0n) is 9.66. The lowest BCUT2D eigenvalue weighted by molar-refractivity contribution is 0.312. The number of ether oxygens (including phenoxy) is 1. The van der Waals surface area contributed by atoms with E-state index in [-0.39, 0.29) is 0 Å². The summed E-state index contributed by atoms with van der Waals surface area (Å²) in [6, 6.07) is 10.0. The quantitative estimate of drug-likeness (QED) is 0.736. The van der Waals surface area contributed by atoms with E-state index in [1.54, 1.807) is 11.3 Å². The average Bonchev–Trinajstić information content (AvgIpc) is 2.77. The molecule has 2 rings (SSSR count). The summed E-state index contributed by atoms with van der Waals surface area (Å²) in [6.07, 6.45) is 0. The van der Waals surface area contributed by atoms with Crippen molar-refractivity contribution >= 4 is 43.2 Å². The smallest absolute Gasteiger partial charge is 0.133 e. The van der Waals surface area contributed by atoms with Crippen LogP contribution in [0.15, 0.2) is 44.7 Å². The van der Waals surface area contributed by atoms with Gasteiger partial charge in [0.1, 0.15) is 12.4 Å². The predicted octanol–water partition coefficient (Wildman–Crippen LogP) is 4.44. The SMILES string of the molecule is Brc1csc(CNCCOc2ccccc2Br)c1. The van der Waals surface area contributed by atoms with Crippen LogP contribution >= 0.6 is 43.2 Å². The Labute approximate surface area is 128 Å². The van der Waals surface area contributed by atoms with Gasteiger partial charge in [0.2, 0.25) is 0 Å². The molecule has 1 aromatic heterocycles. The van der Waals surface area contributed by atoms with Gasteiger partial charge in [0.25, 0.3) is 0 Å². The molecule has 0 atom stereocenters. The van der Waals surface area contributed by atoms with Crippen LogP contribution in [0.25, 0.3) is 0 Å². The summed E-state index contributed by atoms with van der Waals surface area (Å²) < 4.78 is 7.80. The third-order valence-corrected chi connectivity index (χ3v) is 4.65. The molecule has 1 aromatic carbocycles. The lowest BCUT2D eigenvalue weighted by atomic mass is 10.3. The van der Waals surface area contributed by atoms with Crippen molar-refractivity contribution in [2.45, 2.75) is 6.54 Å². The van der Waals surface area contributed by atoms with Gasteiger partial charge in [-0.05, 0) is 50.1 Å². The van der Waals surface area contributed by atoms with Crippen LogP contribution < -0.4 is 10.1 Å². The molecule has 1 N–H and O–H groups in total. The van der Waals surface area contributed by atoms with Crippen molar-refractivity contribution in [3.8, 4) is 5.75 Å². The van der Waals surface area contributed by atoms with E-state index in [4.69, 9.17) is 4.74 Å². The fourth-order valence-corrected chi connectivity index (χ4v) is 3.27. The molecule has 2 aromatic rings. The van der Waals surface area contributed by atoms with E-state index < -0.39 is 0 Å². The van der Waals surface area contributed by atoms with Gasteiger partial charge in [0.15, 0.2) is 0 Å². The summed E-state index contributed by atoms with van der Waals surface area (Å²) in [5, 5.41) is 5.45. The Hall–Kier alpha value is -0.360. The Morgan fingerprint density at radius 1 is 1.22 bits per heavy atom. The van der Waals surface area contributed by atoms with E-state index in [2.05, 4.69) is 48.6 Å². The number of halogens is 2. The molecule has 18 heavy (non-hydrogen) atoms. The first kappa shape index (κ1) is 14.1. The van der Waals surface area contributed by atoms with Crippen LogP contribution in [-0.2, 0) is 6.54 Å². The van der Waals surface area contributed by atoms with Crippen molar-refractivity contribution in [3.05, 3.63) is 49.5 Å². The Kier molecular flexibility index (Phi) is 5.69. The van der Waals surface area contributed by atoms with Crippen LogP contribution in [-0.4, -0.2) is 13.2 Å². The van der Waals surface area contributed by atoms with Gasteiger partial charge in [-0.1, -0.05) is 12.1 Å². The standard InChI is InChI=1S/C13H13Br2NOS/c14-10-7-11(18-9-10)8-16-5-6-17-13-4-2-1-3-12(13)15/h1-4,7,9,16H,5-6,8H2. The van der Waals surface area contributed by atoms with Gasteiger partial charge in [-0.3, -0.25) is 0 Å². The normalized spacial score (nSPS) is 10.6. The zero-order chi connectivity index (χ0) is 12.8. The Morgan fingerprint density at radius 3 is 2.78 bits per heavy atom. The van der Waals surface area contributed by atoms with Crippen LogP contribution in [0.4, 0.5) is 0 Å². The number of thiophene rings is 1. The molecule has 2 nitrogen and oxygen atoms in total. The minimum atomic E-state index is 0.662. The van der Waals surface area contributed by atoms with Crippen LogP contribution in [0.2, 0.25) is 0 Å². The van der Waals surface area contributed by atoms with E-state index in [1.807, 2.05) is 24.3 Å². The van der Waals surface area contributed by atoms with Gasteiger partial charge < -0.3 is 10.1 Å². The minimum Gasteiger partial charge on any atom is -0.491 e. The fourth-order valence-electron chi connectivity index (χ4n) is 1.45. The number of hydrogen-bond acceptors (Lipinski definition) is 3. The van der Waals surface area contributed by atoms with Crippen molar-refractivity contribution in [3.63, 3.8) is 0 Å². The van der Waals surface area contributed by atoms with Crippen LogP contribution in [0.1, 0.15) is 4.88 Å². The van der Waals surface area contributed by atoms with Crippen molar-refractivity contribution in [1.82, 2.24) is 5.32 Å². The van der Waals surface area contributed by atoms with Crippen LogP contribution in [0, 0.1) is 0 Å². The monoisotopic (exact) mass is 389 g/mol. The van der Waals surface area contributed by atoms with Gasteiger partial charge in [0, 0.05) is 27.8 Å². The lowest BCUT2D eigenvalue weighted by Crippen LogP contribution is -2.20. The van der Waals surface area contributed by atoms with E-state index in [1.165, 1.54) is 4.88 Å². The molecule has 0 unspecified atom stereocenters. The van der Waals surface area contributed by atoms with Crippen molar-refractivity contribution < 1.29 is 4.74 Å². The van der Waals surface area contributed by atoms with Crippen molar-refractivity contribution in [2.24, 2.45) is 0 Å². The summed E-state index contributed by atoms with van der Waals surface area (Å²) in [6.45, 7) is 2.38. The average molecular weight is 391 g/mol. The Balaban J connectivity index is 1.66. The highest BCUT2D eigenvalue weighted by atomic mass is 79.9. The molecule has 1 heterocycles. The highest BCUT2D eigenvalue weighted by Crippen LogP contribution is 2.23. The highest BCUT2D eigenvalue weighted by molar-refractivity contribution is 9.10. The first-order chi connectivity index (χ1) is 8.75. The Bertz CT molecular complexity index is 501. The summed E-state index contributed by atoms with van der Waals surface area (Å²) in [5.41, 5.74) is 0. The summed E-state index contributed by atoms with van der Waals surface area (Å²) in [7, 11) is 0. The van der Waals surface area contributed by atoms with Crippen molar-refractivity contribution in [2.75, 3.05) is 13.2 Å².